The summed E-state index contributed by atoms with van der Waals surface area (Å²) in [7, 11) is 0. The average molecular weight is 304 g/mol. The summed E-state index contributed by atoms with van der Waals surface area (Å²) >= 11 is 5.12. The molecule has 1 aromatic heterocycles. The number of amides is 1. The van der Waals surface area contributed by atoms with Crippen LogP contribution in [0.1, 0.15) is 19.3 Å². The Bertz CT molecular complexity index is 349. The SMILES string of the molecule is NNC(=O)CCCCSc1ncccc1Br. The van der Waals surface area contributed by atoms with E-state index in [1.54, 1.807) is 18.0 Å². The van der Waals surface area contributed by atoms with Crippen molar-refractivity contribution in [2.24, 2.45) is 5.84 Å². The van der Waals surface area contributed by atoms with E-state index in [0.29, 0.717) is 6.42 Å². The first-order valence-corrected chi connectivity index (χ1v) is 6.74. The number of unbranched alkanes of at least 4 members (excludes halogenated alkanes) is 1. The van der Waals surface area contributed by atoms with Gasteiger partial charge in [-0.1, -0.05) is 0 Å². The Labute approximate surface area is 107 Å². The number of nitrogens with zero attached hydrogens (tertiary/aromatic N) is 1. The van der Waals surface area contributed by atoms with Gasteiger partial charge in [0.15, 0.2) is 0 Å². The monoisotopic (exact) mass is 303 g/mol. The molecule has 0 saturated heterocycles. The van der Waals surface area contributed by atoms with Crippen molar-refractivity contribution in [2.45, 2.75) is 24.3 Å². The van der Waals surface area contributed by atoms with E-state index in [1.165, 1.54) is 0 Å². The normalized spacial score (nSPS) is 10.1. The van der Waals surface area contributed by atoms with Gasteiger partial charge in [0.05, 0.1) is 0 Å². The first-order chi connectivity index (χ1) is 7.74. The Hall–Kier alpha value is -0.590. The molecule has 0 aliphatic rings. The molecule has 0 aromatic carbocycles. The second-order valence-corrected chi connectivity index (χ2v) is 5.10. The molecule has 1 aromatic rings. The minimum Gasteiger partial charge on any atom is -0.294 e. The van der Waals surface area contributed by atoms with Gasteiger partial charge in [0.25, 0.3) is 0 Å². The summed E-state index contributed by atoms with van der Waals surface area (Å²) in [5.74, 6) is 5.82. The zero-order valence-electron chi connectivity index (χ0n) is 8.78. The summed E-state index contributed by atoms with van der Waals surface area (Å²) in [6.07, 6.45) is 4.08. The van der Waals surface area contributed by atoms with Crippen molar-refractivity contribution >= 4 is 33.6 Å². The molecule has 0 aliphatic carbocycles. The summed E-state index contributed by atoms with van der Waals surface area (Å²) in [6.45, 7) is 0. The number of halogens is 1. The van der Waals surface area contributed by atoms with Gasteiger partial charge in [-0.05, 0) is 46.7 Å². The summed E-state index contributed by atoms with van der Waals surface area (Å²) < 4.78 is 1.01. The van der Waals surface area contributed by atoms with Crippen LogP contribution in [0.2, 0.25) is 0 Å². The molecular weight excluding hydrogens is 290 g/mol. The van der Waals surface area contributed by atoms with Crippen LogP contribution in [-0.4, -0.2) is 16.6 Å². The highest BCUT2D eigenvalue weighted by molar-refractivity contribution is 9.10. The smallest absolute Gasteiger partial charge is 0.233 e. The number of pyridine rings is 1. The molecule has 0 unspecified atom stereocenters. The first-order valence-electron chi connectivity index (χ1n) is 4.97. The molecule has 0 bridgehead atoms. The Balaban J connectivity index is 2.17. The number of nitrogens with one attached hydrogen (secondary N) is 1. The number of aromatic nitrogens is 1. The number of hydrogen-bond donors (Lipinski definition) is 2. The van der Waals surface area contributed by atoms with Crippen molar-refractivity contribution in [3.8, 4) is 0 Å². The van der Waals surface area contributed by atoms with Gasteiger partial charge in [0, 0.05) is 17.1 Å². The maximum atomic E-state index is 10.8. The second-order valence-electron chi connectivity index (χ2n) is 3.16. The third-order valence-corrected chi connectivity index (χ3v) is 3.92. The Morgan fingerprint density at radius 1 is 1.56 bits per heavy atom. The van der Waals surface area contributed by atoms with Crippen LogP contribution in [0.4, 0.5) is 0 Å². The molecule has 1 amide bonds. The van der Waals surface area contributed by atoms with Crippen molar-refractivity contribution in [2.75, 3.05) is 5.75 Å². The predicted molar refractivity (Wildman–Crippen MR) is 68.8 cm³/mol. The average Bonchev–Trinajstić information content (AvgIpc) is 2.30. The molecule has 0 fully saturated rings. The topological polar surface area (TPSA) is 68.0 Å². The molecule has 88 valence electrons. The maximum Gasteiger partial charge on any atom is 0.233 e. The van der Waals surface area contributed by atoms with E-state index >= 15 is 0 Å². The van der Waals surface area contributed by atoms with Crippen molar-refractivity contribution in [3.63, 3.8) is 0 Å². The van der Waals surface area contributed by atoms with Gasteiger partial charge in [-0.3, -0.25) is 10.2 Å². The molecule has 0 saturated carbocycles. The quantitative estimate of drug-likeness (QED) is 0.278. The molecule has 0 atom stereocenters. The fourth-order valence-electron chi connectivity index (χ4n) is 1.11. The highest BCUT2D eigenvalue weighted by Crippen LogP contribution is 2.25. The number of carbonyl (C=O) groups excluding carboxylic acids is 1. The molecule has 4 nitrogen and oxygen atoms in total. The molecule has 1 heterocycles. The summed E-state index contributed by atoms with van der Waals surface area (Å²) in [5, 5.41) is 0.991. The van der Waals surface area contributed by atoms with Crippen LogP contribution in [0.5, 0.6) is 0 Å². The van der Waals surface area contributed by atoms with E-state index in [1.807, 2.05) is 12.1 Å². The lowest BCUT2D eigenvalue weighted by Crippen LogP contribution is -2.29. The molecular formula is C10H14BrN3OS. The van der Waals surface area contributed by atoms with Gasteiger partial charge in [-0.2, -0.15) is 0 Å². The third kappa shape index (κ3) is 4.96. The van der Waals surface area contributed by atoms with Gasteiger partial charge in [-0.25, -0.2) is 10.8 Å². The molecule has 0 radical (unpaired) electrons. The number of rotatable bonds is 6. The van der Waals surface area contributed by atoms with E-state index in [0.717, 1.165) is 28.1 Å². The fraction of sp³-hybridized carbons (Fsp3) is 0.400. The van der Waals surface area contributed by atoms with E-state index < -0.39 is 0 Å². The van der Waals surface area contributed by atoms with Crippen LogP contribution in [0.25, 0.3) is 0 Å². The highest BCUT2D eigenvalue weighted by atomic mass is 79.9. The lowest BCUT2D eigenvalue weighted by Gasteiger charge is -2.02. The third-order valence-electron chi connectivity index (χ3n) is 1.92. The standard InChI is InChI=1S/C10H14BrN3OS/c11-8-4-3-6-13-10(8)16-7-2-1-5-9(15)14-12/h3-4,6H,1-2,5,7,12H2,(H,14,15). The number of thioether (sulfide) groups is 1. The fourth-order valence-corrected chi connectivity index (χ4v) is 2.59. The summed E-state index contributed by atoms with van der Waals surface area (Å²) in [5.41, 5.74) is 2.12. The number of hydrogen-bond acceptors (Lipinski definition) is 4. The van der Waals surface area contributed by atoms with Crippen LogP contribution in [-0.2, 0) is 4.79 Å². The van der Waals surface area contributed by atoms with Gasteiger partial charge in [0.2, 0.25) is 5.91 Å². The van der Waals surface area contributed by atoms with Crippen molar-refractivity contribution < 1.29 is 4.79 Å². The lowest BCUT2D eigenvalue weighted by atomic mass is 10.2. The van der Waals surface area contributed by atoms with Crippen LogP contribution in [0.3, 0.4) is 0 Å². The second kappa shape index (κ2) is 7.65. The molecule has 3 N–H and O–H groups in total. The number of nitrogens with two attached hydrogens (primary N) is 1. The van der Waals surface area contributed by atoms with Crippen LogP contribution in [0.15, 0.2) is 27.8 Å². The molecule has 0 aliphatic heterocycles. The van der Waals surface area contributed by atoms with Gasteiger partial charge >= 0.3 is 0 Å². The van der Waals surface area contributed by atoms with Crippen LogP contribution in [0, 0.1) is 0 Å². The van der Waals surface area contributed by atoms with Gasteiger partial charge < -0.3 is 0 Å². The van der Waals surface area contributed by atoms with Crippen molar-refractivity contribution in [1.82, 2.24) is 10.4 Å². The maximum absolute atomic E-state index is 10.8. The van der Waals surface area contributed by atoms with E-state index in [4.69, 9.17) is 5.84 Å². The van der Waals surface area contributed by atoms with Crippen molar-refractivity contribution in [1.29, 1.82) is 0 Å². The minimum absolute atomic E-state index is 0.107. The van der Waals surface area contributed by atoms with Gasteiger partial charge in [0.1, 0.15) is 5.03 Å². The number of carbonyl (C=O) groups is 1. The predicted octanol–water partition coefficient (Wildman–Crippen LogP) is 2.10. The first kappa shape index (κ1) is 13.5. The Morgan fingerprint density at radius 2 is 2.38 bits per heavy atom. The Morgan fingerprint density at radius 3 is 3.06 bits per heavy atom. The zero-order chi connectivity index (χ0) is 11.8. The van der Waals surface area contributed by atoms with Crippen molar-refractivity contribution in [3.05, 3.63) is 22.8 Å². The largest absolute Gasteiger partial charge is 0.294 e. The molecule has 0 spiro atoms. The van der Waals surface area contributed by atoms with Crippen LogP contribution < -0.4 is 11.3 Å². The summed E-state index contributed by atoms with van der Waals surface area (Å²) in [4.78, 5) is 15.1. The van der Waals surface area contributed by atoms with E-state index in [2.05, 4.69) is 26.3 Å². The molecule has 6 heteroatoms. The number of hydrazine groups is 1. The summed E-state index contributed by atoms with van der Waals surface area (Å²) in [6, 6.07) is 3.86. The van der Waals surface area contributed by atoms with Crippen LogP contribution >= 0.6 is 27.7 Å². The zero-order valence-corrected chi connectivity index (χ0v) is 11.2. The minimum atomic E-state index is -0.107. The molecule has 1 rings (SSSR count). The van der Waals surface area contributed by atoms with E-state index in [9.17, 15) is 4.79 Å². The van der Waals surface area contributed by atoms with Gasteiger partial charge in [-0.15, -0.1) is 11.8 Å². The van der Waals surface area contributed by atoms with E-state index in [-0.39, 0.29) is 5.91 Å². The Kier molecular flexibility index (Phi) is 6.44. The highest BCUT2D eigenvalue weighted by Gasteiger charge is 2.01. The molecule has 16 heavy (non-hydrogen) atoms. The lowest BCUT2D eigenvalue weighted by molar-refractivity contribution is -0.121.